The number of hydrogen-bond donors (Lipinski definition) is 3. The third-order valence-electron chi connectivity index (χ3n) is 17.6. The van der Waals surface area contributed by atoms with Gasteiger partial charge in [0, 0.05) is 12.8 Å². The van der Waals surface area contributed by atoms with Crippen molar-refractivity contribution in [3.05, 3.63) is 12.2 Å². The van der Waals surface area contributed by atoms with Crippen molar-refractivity contribution in [1.82, 2.24) is 5.32 Å². The van der Waals surface area contributed by atoms with Gasteiger partial charge in [0.15, 0.2) is 0 Å². The Bertz CT molecular complexity index is 1210. The van der Waals surface area contributed by atoms with Crippen LogP contribution >= 0.6 is 0 Å². The first-order valence-corrected chi connectivity index (χ1v) is 36.9. The molecule has 0 radical (unpaired) electrons. The molecule has 0 bridgehead atoms. The molecule has 0 aromatic carbocycles. The fourth-order valence-corrected chi connectivity index (χ4v) is 11.9. The molecule has 0 aliphatic carbocycles. The van der Waals surface area contributed by atoms with E-state index < -0.39 is 12.1 Å². The van der Waals surface area contributed by atoms with Gasteiger partial charge in [-0.1, -0.05) is 373 Å². The van der Waals surface area contributed by atoms with Crippen molar-refractivity contribution in [2.75, 3.05) is 13.2 Å². The standard InChI is InChI=1S/C74H145NO5/c1-3-5-7-9-11-13-15-17-19-21-23-24-27-31-34-38-42-46-50-54-58-62-66-72(77)71(70-76)75-73(78)67-63-59-55-51-47-43-39-35-32-28-25-26-29-33-37-41-45-49-53-57-61-65-69-80-74(79)68-64-60-56-52-48-44-40-36-30-22-20-18-16-14-12-10-8-6-4-2/h18,20,71-72,76-77H,3-17,19,21-70H2,1-2H3,(H,75,78)/b20-18-. The molecule has 2 unspecified atom stereocenters. The Morgan fingerprint density at radius 3 is 0.887 bits per heavy atom. The molecular weight excluding hydrogens is 983 g/mol. The predicted molar refractivity (Wildman–Crippen MR) is 352 cm³/mol. The summed E-state index contributed by atoms with van der Waals surface area (Å²) in [7, 11) is 0. The summed E-state index contributed by atoms with van der Waals surface area (Å²) in [6, 6.07) is -0.542. The van der Waals surface area contributed by atoms with Crippen LogP contribution in [-0.2, 0) is 14.3 Å². The first-order chi connectivity index (χ1) is 39.5. The number of hydrogen-bond acceptors (Lipinski definition) is 5. The van der Waals surface area contributed by atoms with Crippen LogP contribution in [0.15, 0.2) is 12.2 Å². The maximum atomic E-state index is 12.6. The van der Waals surface area contributed by atoms with Gasteiger partial charge in [0.25, 0.3) is 0 Å². The van der Waals surface area contributed by atoms with Gasteiger partial charge in [0.05, 0.1) is 25.4 Å². The van der Waals surface area contributed by atoms with Crippen molar-refractivity contribution in [3.63, 3.8) is 0 Å². The van der Waals surface area contributed by atoms with E-state index in [0.717, 1.165) is 44.9 Å². The lowest BCUT2D eigenvalue weighted by Gasteiger charge is -2.22. The van der Waals surface area contributed by atoms with E-state index in [1.54, 1.807) is 0 Å². The number of ether oxygens (including phenoxy) is 1. The maximum Gasteiger partial charge on any atom is 0.305 e. The van der Waals surface area contributed by atoms with E-state index in [2.05, 4.69) is 31.3 Å². The molecule has 6 heteroatoms. The van der Waals surface area contributed by atoms with E-state index >= 15 is 0 Å². The lowest BCUT2D eigenvalue weighted by Crippen LogP contribution is -2.45. The van der Waals surface area contributed by atoms with E-state index in [9.17, 15) is 19.8 Å². The molecular formula is C74H145NO5. The quantitative estimate of drug-likeness (QED) is 0.0320. The highest BCUT2D eigenvalue weighted by Gasteiger charge is 2.20. The van der Waals surface area contributed by atoms with Gasteiger partial charge in [-0.15, -0.1) is 0 Å². The van der Waals surface area contributed by atoms with Gasteiger partial charge >= 0.3 is 5.97 Å². The van der Waals surface area contributed by atoms with Crippen LogP contribution in [0.2, 0.25) is 0 Å². The van der Waals surface area contributed by atoms with Crippen LogP contribution in [0.5, 0.6) is 0 Å². The summed E-state index contributed by atoms with van der Waals surface area (Å²) in [5.74, 6) is -0.0154. The topological polar surface area (TPSA) is 95.9 Å². The highest BCUT2D eigenvalue weighted by Crippen LogP contribution is 2.20. The number of allylic oxidation sites excluding steroid dienone is 2. The minimum Gasteiger partial charge on any atom is -0.466 e. The zero-order valence-corrected chi connectivity index (χ0v) is 54.6. The van der Waals surface area contributed by atoms with E-state index in [4.69, 9.17) is 4.74 Å². The minimum absolute atomic E-state index is 0.0144. The number of nitrogens with one attached hydrogen (secondary N) is 1. The predicted octanol–water partition coefficient (Wildman–Crippen LogP) is 23.9. The molecule has 0 saturated carbocycles. The Labute approximate surface area is 501 Å². The highest BCUT2D eigenvalue weighted by atomic mass is 16.5. The SMILES string of the molecule is CCCCCCCC/C=C\CCCCCCCCCCCC(=O)OCCCCCCCCCCCCCCCCCCCCCCCCC(=O)NC(CO)C(O)CCCCCCCCCCCCCCCCCCCCCCCC. The van der Waals surface area contributed by atoms with Crippen LogP contribution < -0.4 is 5.32 Å². The fourth-order valence-electron chi connectivity index (χ4n) is 11.9. The van der Waals surface area contributed by atoms with E-state index in [1.807, 2.05) is 0 Å². The number of aliphatic hydroxyl groups is 2. The Balaban J connectivity index is 3.36. The molecule has 0 rings (SSSR count). The molecule has 0 saturated heterocycles. The molecule has 0 heterocycles. The minimum atomic E-state index is -0.665. The van der Waals surface area contributed by atoms with E-state index in [1.165, 1.54) is 347 Å². The molecule has 1 amide bonds. The van der Waals surface area contributed by atoms with Crippen LogP contribution in [0.25, 0.3) is 0 Å². The number of unbranched alkanes of at least 4 members (excludes halogenated alkanes) is 57. The van der Waals surface area contributed by atoms with E-state index in [0.29, 0.717) is 25.9 Å². The number of aliphatic hydroxyl groups excluding tert-OH is 2. The number of carbonyl (C=O) groups is 2. The zero-order valence-electron chi connectivity index (χ0n) is 54.6. The van der Waals surface area contributed by atoms with Crippen LogP contribution in [0.3, 0.4) is 0 Å². The van der Waals surface area contributed by atoms with Crippen molar-refractivity contribution < 1.29 is 24.5 Å². The molecule has 0 spiro atoms. The summed E-state index contributed by atoms with van der Waals surface area (Å²) in [6.45, 7) is 5.00. The fraction of sp³-hybridized carbons (Fsp3) is 0.946. The molecule has 6 nitrogen and oxygen atoms in total. The monoisotopic (exact) mass is 1130 g/mol. The summed E-state index contributed by atoms with van der Waals surface area (Å²) >= 11 is 0. The van der Waals surface area contributed by atoms with Gasteiger partial charge in [-0.05, 0) is 51.4 Å². The van der Waals surface area contributed by atoms with Gasteiger partial charge in [0.1, 0.15) is 0 Å². The van der Waals surface area contributed by atoms with Crippen LogP contribution in [0, 0.1) is 0 Å². The summed E-state index contributed by atoms with van der Waals surface area (Å²) in [5, 5.41) is 23.4. The normalized spacial score (nSPS) is 12.5. The van der Waals surface area contributed by atoms with Crippen LogP contribution in [0.4, 0.5) is 0 Å². The van der Waals surface area contributed by atoms with Gasteiger partial charge in [0.2, 0.25) is 5.91 Å². The Morgan fingerprint density at radius 2 is 0.588 bits per heavy atom. The van der Waals surface area contributed by atoms with Gasteiger partial charge < -0.3 is 20.3 Å². The van der Waals surface area contributed by atoms with Crippen molar-refractivity contribution in [1.29, 1.82) is 0 Å². The second kappa shape index (κ2) is 70.1. The van der Waals surface area contributed by atoms with Crippen molar-refractivity contribution in [2.45, 2.75) is 437 Å². The second-order valence-corrected chi connectivity index (χ2v) is 25.6. The van der Waals surface area contributed by atoms with Gasteiger partial charge in [-0.2, -0.15) is 0 Å². The molecule has 80 heavy (non-hydrogen) atoms. The molecule has 476 valence electrons. The lowest BCUT2D eigenvalue weighted by atomic mass is 10.0. The lowest BCUT2D eigenvalue weighted by molar-refractivity contribution is -0.143. The number of rotatable bonds is 70. The number of esters is 1. The Morgan fingerprint density at radius 1 is 0.338 bits per heavy atom. The van der Waals surface area contributed by atoms with E-state index in [-0.39, 0.29) is 18.5 Å². The summed E-state index contributed by atoms with van der Waals surface area (Å²) in [5.41, 5.74) is 0. The first kappa shape index (κ1) is 78.6. The van der Waals surface area contributed by atoms with Crippen molar-refractivity contribution in [2.24, 2.45) is 0 Å². The average Bonchev–Trinajstić information content (AvgIpc) is 3.46. The van der Waals surface area contributed by atoms with Crippen LogP contribution in [0.1, 0.15) is 425 Å². The summed E-state index contributed by atoms with van der Waals surface area (Å²) in [4.78, 5) is 24.7. The first-order valence-electron chi connectivity index (χ1n) is 36.9. The number of amides is 1. The van der Waals surface area contributed by atoms with Gasteiger partial charge in [-0.3, -0.25) is 9.59 Å². The molecule has 2 atom stereocenters. The highest BCUT2D eigenvalue weighted by molar-refractivity contribution is 5.76. The Hall–Kier alpha value is -1.40. The molecule has 0 aromatic rings. The Kier molecular flexibility index (Phi) is 68.9. The third-order valence-corrected chi connectivity index (χ3v) is 17.6. The largest absolute Gasteiger partial charge is 0.466 e. The van der Waals surface area contributed by atoms with Crippen molar-refractivity contribution in [3.8, 4) is 0 Å². The average molecular weight is 1130 g/mol. The van der Waals surface area contributed by atoms with Gasteiger partial charge in [-0.25, -0.2) is 0 Å². The molecule has 0 aliphatic rings. The molecule has 0 aromatic heterocycles. The van der Waals surface area contributed by atoms with Crippen molar-refractivity contribution >= 4 is 11.9 Å². The third kappa shape index (κ3) is 65.7. The molecule has 0 aliphatic heterocycles. The summed E-state index contributed by atoms with van der Waals surface area (Å²) < 4.78 is 5.51. The number of carbonyl (C=O) groups excluding carboxylic acids is 2. The maximum absolute atomic E-state index is 12.6. The molecule has 0 fully saturated rings. The van der Waals surface area contributed by atoms with Crippen LogP contribution in [-0.4, -0.2) is 47.4 Å². The second-order valence-electron chi connectivity index (χ2n) is 25.6. The zero-order chi connectivity index (χ0) is 57.8. The summed E-state index contributed by atoms with van der Waals surface area (Å²) in [6.07, 6.45) is 86.9. The molecule has 3 N–H and O–H groups in total. The smallest absolute Gasteiger partial charge is 0.305 e.